The maximum Gasteiger partial charge on any atom is 0.472 e. The second-order valence-corrected chi connectivity index (χ2v) is 30.9. The molecule has 0 spiro atoms. The van der Waals surface area contributed by atoms with Crippen molar-refractivity contribution in [3.05, 3.63) is 24.3 Å². The van der Waals surface area contributed by atoms with E-state index in [0.29, 0.717) is 25.7 Å². The third-order valence-electron chi connectivity index (χ3n) is 17.3. The van der Waals surface area contributed by atoms with Gasteiger partial charge in [0.2, 0.25) is 0 Å². The van der Waals surface area contributed by atoms with E-state index >= 15 is 0 Å². The Kier molecular flexibility index (Phi) is 66.6. The number of phosphoric ester groups is 2. The van der Waals surface area contributed by atoms with E-state index in [1.54, 1.807) is 0 Å². The molecule has 3 N–H and O–H groups in total. The van der Waals surface area contributed by atoms with E-state index in [9.17, 15) is 43.2 Å². The van der Waals surface area contributed by atoms with Crippen LogP contribution in [0.2, 0.25) is 0 Å². The van der Waals surface area contributed by atoms with E-state index in [1.165, 1.54) is 173 Å². The summed E-state index contributed by atoms with van der Waals surface area (Å²) in [5, 5.41) is 10.6. The first kappa shape index (κ1) is 93.5. The summed E-state index contributed by atoms with van der Waals surface area (Å²) in [6.07, 6.45) is 59.0. The number of allylic oxidation sites excluding steroid dienone is 4. The van der Waals surface area contributed by atoms with Crippen molar-refractivity contribution in [1.29, 1.82) is 0 Å². The highest BCUT2D eigenvalue weighted by molar-refractivity contribution is 7.47. The zero-order chi connectivity index (χ0) is 70.7. The van der Waals surface area contributed by atoms with Crippen LogP contribution in [0.3, 0.4) is 0 Å². The van der Waals surface area contributed by atoms with Crippen molar-refractivity contribution in [1.82, 2.24) is 0 Å². The largest absolute Gasteiger partial charge is 0.472 e. The maximum absolute atomic E-state index is 13.1. The first-order valence-electron chi connectivity index (χ1n) is 39.3. The predicted octanol–water partition coefficient (Wildman–Crippen LogP) is 22.3. The molecule has 0 aliphatic heterocycles. The molecule has 0 aromatic heterocycles. The molecule has 0 saturated carbocycles. The molecule has 0 saturated heterocycles. The van der Waals surface area contributed by atoms with Crippen molar-refractivity contribution in [2.24, 2.45) is 11.8 Å². The quantitative estimate of drug-likeness (QED) is 0.0169. The van der Waals surface area contributed by atoms with Gasteiger partial charge in [0.1, 0.15) is 19.3 Å². The number of hydrogen-bond donors (Lipinski definition) is 3. The summed E-state index contributed by atoms with van der Waals surface area (Å²) in [5.41, 5.74) is 0. The number of aliphatic hydroxyl groups is 1. The molecule has 17 nitrogen and oxygen atoms in total. The lowest BCUT2D eigenvalue weighted by Gasteiger charge is -2.21. The van der Waals surface area contributed by atoms with E-state index in [2.05, 4.69) is 65.8 Å². The average Bonchev–Trinajstić information content (AvgIpc) is 1.18. The minimum atomic E-state index is -4.97. The number of phosphoric acid groups is 2. The smallest absolute Gasteiger partial charge is 0.462 e. The molecule has 0 rings (SSSR count). The van der Waals surface area contributed by atoms with Gasteiger partial charge in [0.05, 0.1) is 26.4 Å². The third-order valence-corrected chi connectivity index (χ3v) is 19.2. The number of esters is 4. The Labute approximate surface area is 586 Å². The van der Waals surface area contributed by atoms with E-state index in [0.717, 1.165) is 121 Å². The van der Waals surface area contributed by atoms with Crippen LogP contribution in [-0.4, -0.2) is 96.7 Å². The van der Waals surface area contributed by atoms with Crippen molar-refractivity contribution in [2.45, 2.75) is 394 Å². The van der Waals surface area contributed by atoms with Crippen molar-refractivity contribution in [2.75, 3.05) is 39.6 Å². The molecule has 0 aromatic carbocycles. The van der Waals surface area contributed by atoms with Crippen molar-refractivity contribution >= 4 is 39.5 Å². The van der Waals surface area contributed by atoms with Gasteiger partial charge in [0.25, 0.3) is 0 Å². The number of carbonyl (C=O) groups is 4. The monoisotopic (exact) mass is 1410 g/mol. The van der Waals surface area contributed by atoms with Gasteiger partial charge >= 0.3 is 39.5 Å². The van der Waals surface area contributed by atoms with Crippen molar-refractivity contribution < 1.29 is 80.2 Å². The fourth-order valence-electron chi connectivity index (χ4n) is 11.3. The Balaban J connectivity index is 5.29. The maximum atomic E-state index is 13.1. The summed E-state index contributed by atoms with van der Waals surface area (Å²) < 4.78 is 68.5. The molecule has 0 bridgehead atoms. The molecule has 566 valence electrons. The SMILES string of the molecule is CCCCCC/C=C\C=C/CCCCCCCC(=O)OC[C@H](COP(=O)(O)OC[C@@H](O)COP(=O)(O)OC[C@@H](COC(=O)CCCCCCCCCCC(C)C)OC(=O)CCCCCCCCCCCCCCC)OC(=O)CCCCCCCCCCCCCCCCC(C)C. The summed E-state index contributed by atoms with van der Waals surface area (Å²) >= 11 is 0. The summed E-state index contributed by atoms with van der Waals surface area (Å²) in [5.74, 6) is -0.626. The van der Waals surface area contributed by atoms with Gasteiger partial charge in [-0.3, -0.25) is 37.3 Å². The molecule has 96 heavy (non-hydrogen) atoms. The van der Waals surface area contributed by atoms with Gasteiger partial charge < -0.3 is 33.8 Å². The molecule has 0 amide bonds. The van der Waals surface area contributed by atoms with Crippen molar-refractivity contribution in [3.8, 4) is 0 Å². The first-order chi connectivity index (χ1) is 46.4. The lowest BCUT2D eigenvalue weighted by molar-refractivity contribution is -0.161. The van der Waals surface area contributed by atoms with Crippen LogP contribution in [0.4, 0.5) is 0 Å². The van der Waals surface area contributed by atoms with E-state index in [-0.39, 0.29) is 25.7 Å². The van der Waals surface area contributed by atoms with Crippen LogP contribution in [0.5, 0.6) is 0 Å². The Morgan fingerprint density at radius 2 is 0.562 bits per heavy atom. The Hall–Kier alpha value is -2.46. The Morgan fingerprint density at radius 1 is 0.323 bits per heavy atom. The third kappa shape index (κ3) is 70.0. The van der Waals surface area contributed by atoms with Gasteiger partial charge in [-0.05, 0) is 63.2 Å². The summed E-state index contributed by atoms with van der Waals surface area (Å²) in [4.78, 5) is 72.8. The van der Waals surface area contributed by atoms with Crippen LogP contribution in [0, 0.1) is 11.8 Å². The van der Waals surface area contributed by atoms with Crippen LogP contribution < -0.4 is 0 Å². The zero-order valence-corrected chi connectivity index (χ0v) is 63.9. The fraction of sp³-hybridized carbons (Fsp3) is 0.896. The number of ether oxygens (including phenoxy) is 4. The standard InChI is InChI=1S/C77H146O17P2/c1-7-9-11-13-15-17-19-21-22-27-30-34-41-47-53-59-74(79)87-65-72(93-77(82)62-56-50-44-36-32-28-24-23-26-29-33-39-45-51-57-69(3)4)67-91-95(83,84)89-63-71(78)64-90-96(85,86)92-68-73(66-88-75(80)60-54-48-42-38-37-40-46-52-58-70(5)6)94-76(81)61-55-49-43-35-31-25-20-18-16-14-12-10-8-2/h17,19,21-22,69-73,78H,7-16,18,20,23-68H2,1-6H3,(H,83,84)(H,85,86)/b19-17-,22-21-/t71-,72-,73-/m1/s1. The normalized spacial score (nSPS) is 14.2. The fourth-order valence-corrected chi connectivity index (χ4v) is 12.9. The van der Waals surface area contributed by atoms with Gasteiger partial charge in [0.15, 0.2) is 12.2 Å². The number of rotatable bonds is 74. The van der Waals surface area contributed by atoms with Crippen LogP contribution in [0.1, 0.15) is 375 Å². The number of aliphatic hydroxyl groups excluding tert-OH is 1. The number of hydrogen-bond acceptors (Lipinski definition) is 15. The Bertz CT molecular complexity index is 1950. The van der Waals surface area contributed by atoms with Crippen LogP contribution in [0.15, 0.2) is 24.3 Å². The van der Waals surface area contributed by atoms with Crippen LogP contribution in [-0.2, 0) is 65.4 Å². The van der Waals surface area contributed by atoms with Crippen LogP contribution in [0.25, 0.3) is 0 Å². The molecule has 0 fully saturated rings. The van der Waals surface area contributed by atoms with E-state index < -0.39 is 97.5 Å². The van der Waals surface area contributed by atoms with Gasteiger partial charge in [-0.25, -0.2) is 9.13 Å². The number of carbonyl (C=O) groups excluding carboxylic acids is 4. The van der Waals surface area contributed by atoms with Crippen LogP contribution >= 0.6 is 15.6 Å². The lowest BCUT2D eigenvalue weighted by atomic mass is 10.0. The highest BCUT2D eigenvalue weighted by Crippen LogP contribution is 2.45. The van der Waals surface area contributed by atoms with Crippen molar-refractivity contribution in [3.63, 3.8) is 0 Å². The summed E-state index contributed by atoms with van der Waals surface area (Å²) in [6, 6.07) is 0. The molecule has 5 atom stereocenters. The molecule has 0 aliphatic rings. The number of unbranched alkanes of at least 4 members (excludes halogenated alkanes) is 41. The minimum absolute atomic E-state index is 0.101. The zero-order valence-electron chi connectivity index (χ0n) is 62.2. The second kappa shape index (κ2) is 68.3. The molecule has 0 aliphatic carbocycles. The molecule has 0 heterocycles. The molecular formula is C77H146O17P2. The predicted molar refractivity (Wildman–Crippen MR) is 391 cm³/mol. The highest BCUT2D eigenvalue weighted by Gasteiger charge is 2.30. The first-order valence-corrected chi connectivity index (χ1v) is 42.3. The molecule has 19 heteroatoms. The summed E-state index contributed by atoms with van der Waals surface area (Å²) in [6.45, 7) is 9.52. The lowest BCUT2D eigenvalue weighted by Crippen LogP contribution is -2.30. The second-order valence-electron chi connectivity index (χ2n) is 28.0. The highest BCUT2D eigenvalue weighted by atomic mass is 31.2. The summed E-state index contributed by atoms with van der Waals surface area (Å²) in [7, 11) is -9.92. The average molecular weight is 1410 g/mol. The topological polar surface area (TPSA) is 237 Å². The molecular weight excluding hydrogens is 1260 g/mol. The Morgan fingerprint density at radius 3 is 0.854 bits per heavy atom. The van der Waals surface area contributed by atoms with Gasteiger partial charge in [-0.1, -0.05) is 323 Å². The van der Waals surface area contributed by atoms with Gasteiger partial charge in [0, 0.05) is 25.7 Å². The van der Waals surface area contributed by atoms with E-state index in [1.807, 2.05) is 0 Å². The van der Waals surface area contributed by atoms with Gasteiger partial charge in [-0.15, -0.1) is 0 Å². The van der Waals surface area contributed by atoms with E-state index in [4.69, 9.17) is 37.0 Å². The molecule has 2 unspecified atom stereocenters. The minimum Gasteiger partial charge on any atom is -0.462 e. The molecule has 0 radical (unpaired) electrons. The molecule has 0 aromatic rings. The van der Waals surface area contributed by atoms with Gasteiger partial charge in [-0.2, -0.15) is 0 Å².